The maximum atomic E-state index is 5.77. The van der Waals surface area contributed by atoms with Crippen molar-refractivity contribution in [2.75, 3.05) is 38.8 Å². The van der Waals surface area contributed by atoms with E-state index in [0.29, 0.717) is 11.7 Å². The van der Waals surface area contributed by atoms with Crippen LogP contribution in [0.25, 0.3) is 0 Å². The van der Waals surface area contributed by atoms with Gasteiger partial charge in [0.15, 0.2) is 0 Å². The lowest BCUT2D eigenvalue weighted by molar-refractivity contribution is 0.326. The van der Waals surface area contributed by atoms with E-state index in [0.717, 1.165) is 18.0 Å². The zero-order valence-corrected chi connectivity index (χ0v) is 10.4. The highest BCUT2D eigenvalue weighted by Crippen LogP contribution is 2.22. The monoisotopic (exact) mass is 223 g/mol. The molecule has 0 saturated heterocycles. The van der Waals surface area contributed by atoms with Gasteiger partial charge in [-0.05, 0) is 27.1 Å². The Morgan fingerprint density at radius 2 is 2.06 bits per heavy atom. The van der Waals surface area contributed by atoms with Crippen molar-refractivity contribution in [3.8, 4) is 5.75 Å². The number of nitrogens with two attached hydrogens (primary N) is 1. The molecule has 0 fully saturated rings. The number of hydrogen-bond acceptors (Lipinski definition) is 4. The number of nitrogens with zero attached hydrogens (tertiary/aromatic N) is 1. The molecule has 16 heavy (non-hydrogen) atoms. The first-order valence-electron chi connectivity index (χ1n) is 5.37. The van der Waals surface area contributed by atoms with Crippen molar-refractivity contribution in [2.45, 2.75) is 13.0 Å². The zero-order valence-electron chi connectivity index (χ0n) is 10.4. The average molecular weight is 223 g/mol. The van der Waals surface area contributed by atoms with Crippen LogP contribution in [0.2, 0.25) is 0 Å². The van der Waals surface area contributed by atoms with Crippen LogP contribution in [0.5, 0.6) is 5.75 Å². The number of ether oxygens (including phenoxy) is 1. The number of rotatable bonds is 5. The second-order valence-electron chi connectivity index (χ2n) is 4.19. The lowest BCUT2D eigenvalue weighted by Gasteiger charge is -2.20. The Morgan fingerprint density at radius 3 is 2.62 bits per heavy atom. The molecular weight excluding hydrogens is 202 g/mol. The van der Waals surface area contributed by atoms with Gasteiger partial charge < -0.3 is 20.7 Å². The van der Waals surface area contributed by atoms with E-state index < -0.39 is 0 Å². The van der Waals surface area contributed by atoms with E-state index in [1.807, 2.05) is 12.1 Å². The van der Waals surface area contributed by atoms with Gasteiger partial charge in [-0.3, -0.25) is 0 Å². The van der Waals surface area contributed by atoms with Crippen molar-refractivity contribution in [1.29, 1.82) is 0 Å². The Labute approximate surface area is 97.4 Å². The molecule has 90 valence electrons. The first-order chi connectivity index (χ1) is 7.52. The van der Waals surface area contributed by atoms with Gasteiger partial charge in [-0.2, -0.15) is 0 Å². The highest BCUT2D eigenvalue weighted by atomic mass is 16.5. The molecule has 0 saturated carbocycles. The van der Waals surface area contributed by atoms with Crippen molar-refractivity contribution in [3.63, 3.8) is 0 Å². The SMILES string of the molecule is COc1cc(N)cc(NCC(C)N(C)C)c1. The maximum Gasteiger partial charge on any atom is 0.122 e. The first kappa shape index (κ1) is 12.6. The fourth-order valence-corrected chi connectivity index (χ4v) is 1.29. The number of likely N-dealkylation sites (N-methyl/N-ethyl adjacent to an activating group) is 1. The summed E-state index contributed by atoms with van der Waals surface area (Å²) in [6.45, 7) is 3.04. The van der Waals surface area contributed by atoms with Gasteiger partial charge in [0.1, 0.15) is 5.75 Å². The van der Waals surface area contributed by atoms with E-state index in [2.05, 4.69) is 31.2 Å². The molecule has 0 aliphatic carbocycles. The van der Waals surface area contributed by atoms with Crippen LogP contribution in [0.15, 0.2) is 18.2 Å². The third kappa shape index (κ3) is 3.62. The van der Waals surface area contributed by atoms with Crippen LogP contribution in [0.3, 0.4) is 0 Å². The van der Waals surface area contributed by atoms with Crippen LogP contribution in [-0.4, -0.2) is 38.7 Å². The minimum Gasteiger partial charge on any atom is -0.497 e. The second kappa shape index (κ2) is 5.61. The number of anilines is 2. The molecule has 0 radical (unpaired) electrons. The fraction of sp³-hybridized carbons (Fsp3) is 0.500. The Balaban J connectivity index is 2.63. The Bertz CT molecular complexity index is 339. The smallest absolute Gasteiger partial charge is 0.122 e. The summed E-state index contributed by atoms with van der Waals surface area (Å²) in [7, 11) is 5.76. The molecule has 4 heteroatoms. The molecule has 1 atom stereocenters. The van der Waals surface area contributed by atoms with Gasteiger partial charge in [-0.15, -0.1) is 0 Å². The molecule has 0 amide bonds. The van der Waals surface area contributed by atoms with Gasteiger partial charge in [0.25, 0.3) is 0 Å². The largest absolute Gasteiger partial charge is 0.497 e. The van der Waals surface area contributed by atoms with Crippen molar-refractivity contribution in [1.82, 2.24) is 4.90 Å². The third-order valence-corrected chi connectivity index (χ3v) is 2.65. The summed E-state index contributed by atoms with van der Waals surface area (Å²) < 4.78 is 5.16. The molecular formula is C12H21N3O. The number of nitrogens with one attached hydrogen (secondary N) is 1. The fourth-order valence-electron chi connectivity index (χ4n) is 1.29. The lowest BCUT2D eigenvalue weighted by atomic mass is 10.2. The van der Waals surface area contributed by atoms with Gasteiger partial charge >= 0.3 is 0 Å². The Morgan fingerprint density at radius 1 is 1.38 bits per heavy atom. The Hall–Kier alpha value is -1.42. The van der Waals surface area contributed by atoms with E-state index in [1.54, 1.807) is 13.2 Å². The predicted molar refractivity (Wildman–Crippen MR) is 69.0 cm³/mol. The van der Waals surface area contributed by atoms with Gasteiger partial charge in [-0.25, -0.2) is 0 Å². The number of benzene rings is 1. The maximum absolute atomic E-state index is 5.77. The third-order valence-electron chi connectivity index (χ3n) is 2.65. The molecule has 1 aromatic carbocycles. The summed E-state index contributed by atoms with van der Waals surface area (Å²) in [4.78, 5) is 2.16. The van der Waals surface area contributed by atoms with Gasteiger partial charge in [0.2, 0.25) is 0 Å². The van der Waals surface area contributed by atoms with Gasteiger partial charge in [0.05, 0.1) is 7.11 Å². The number of nitrogen functional groups attached to an aromatic ring is 1. The summed E-state index contributed by atoms with van der Waals surface area (Å²) in [5, 5.41) is 3.34. The summed E-state index contributed by atoms with van der Waals surface area (Å²) in [5.41, 5.74) is 7.47. The normalized spacial score (nSPS) is 12.6. The highest BCUT2D eigenvalue weighted by molar-refractivity contribution is 5.59. The van der Waals surface area contributed by atoms with Crippen LogP contribution < -0.4 is 15.8 Å². The van der Waals surface area contributed by atoms with Crippen LogP contribution in [0.4, 0.5) is 11.4 Å². The summed E-state index contributed by atoms with van der Waals surface area (Å²) in [6.07, 6.45) is 0. The standard InChI is InChI=1S/C12H21N3O/c1-9(15(2)3)8-14-11-5-10(13)6-12(7-11)16-4/h5-7,9,14H,8,13H2,1-4H3. The van der Waals surface area contributed by atoms with Crippen LogP contribution in [-0.2, 0) is 0 Å². The summed E-state index contributed by atoms with van der Waals surface area (Å²) in [5.74, 6) is 0.778. The number of hydrogen-bond donors (Lipinski definition) is 2. The highest BCUT2D eigenvalue weighted by Gasteiger charge is 2.04. The molecule has 4 nitrogen and oxygen atoms in total. The molecule has 0 aromatic heterocycles. The molecule has 0 aliphatic heterocycles. The molecule has 0 bridgehead atoms. The zero-order chi connectivity index (χ0) is 12.1. The first-order valence-corrected chi connectivity index (χ1v) is 5.37. The summed E-state index contributed by atoms with van der Waals surface area (Å²) in [6, 6.07) is 6.12. The van der Waals surface area contributed by atoms with Gasteiger partial charge in [-0.1, -0.05) is 0 Å². The van der Waals surface area contributed by atoms with Gasteiger partial charge in [0, 0.05) is 36.1 Å². The van der Waals surface area contributed by atoms with Crippen LogP contribution >= 0.6 is 0 Å². The topological polar surface area (TPSA) is 50.5 Å². The van der Waals surface area contributed by atoms with Crippen LogP contribution in [0, 0.1) is 0 Å². The number of methoxy groups -OCH3 is 1. The van der Waals surface area contributed by atoms with Crippen molar-refractivity contribution in [3.05, 3.63) is 18.2 Å². The molecule has 1 rings (SSSR count). The lowest BCUT2D eigenvalue weighted by Crippen LogP contribution is -2.31. The van der Waals surface area contributed by atoms with E-state index in [4.69, 9.17) is 10.5 Å². The molecule has 1 unspecified atom stereocenters. The van der Waals surface area contributed by atoms with E-state index in [1.165, 1.54) is 0 Å². The molecule has 3 N–H and O–H groups in total. The van der Waals surface area contributed by atoms with Crippen molar-refractivity contribution >= 4 is 11.4 Å². The average Bonchev–Trinajstić information content (AvgIpc) is 2.24. The van der Waals surface area contributed by atoms with Crippen LogP contribution in [0.1, 0.15) is 6.92 Å². The van der Waals surface area contributed by atoms with Crippen molar-refractivity contribution in [2.24, 2.45) is 0 Å². The van der Waals surface area contributed by atoms with E-state index in [9.17, 15) is 0 Å². The quantitative estimate of drug-likeness (QED) is 0.745. The minimum absolute atomic E-state index is 0.465. The predicted octanol–water partition coefficient (Wildman–Crippen LogP) is 1.64. The molecule has 0 aliphatic rings. The van der Waals surface area contributed by atoms with E-state index in [-0.39, 0.29) is 0 Å². The Kier molecular flexibility index (Phi) is 4.43. The second-order valence-corrected chi connectivity index (χ2v) is 4.19. The summed E-state index contributed by atoms with van der Waals surface area (Å²) >= 11 is 0. The molecule has 1 aromatic rings. The minimum atomic E-state index is 0.465. The van der Waals surface area contributed by atoms with E-state index >= 15 is 0 Å². The van der Waals surface area contributed by atoms with Crippen molar-refractivity contribution < 1.29 is 4.74 Å². The molecule has 0 spiro atoms. The molecule has 0 heterocycles.